The van der Waals surface area contributed by atoms with E-state index in [-0.39, 0.29) is 12.0 Å². The Hall–Kier alpha value is -3.52. The van der Waals surface area contributed by atoms with Crippen LogP contribution >= 0.6 is 0 Å². The molecule has 0 unspecified atom stereocenters. The van der Waals surface area contributed by atoms with Gasteiger partial charge in [0.2, 0.25) is 0 Å². The average Bonchev–Trinajstić information content (AvgIpc) is 3.31. The highest BCUT2D eigenvalue weighted by molar-refractivity contribution is 5.94. The van der Waals surface area contributed by atoms with Crippen molar-refractivity contribution in [2.45, 2.75) is 58.0 Å². The number of nitrogens with one attached hydrogen (secondary N) is 1. The molecule has 0 atom stereocenters. The smallest absolute Gasteiger partial charge is 0.410 e. The SMILES string of the molecule is COC(=O)c1ccc(C2CCN(C(=O)OC(C)(C)C)CC2)cc1Oc1cccc2[nH]cc(CCCN(C)C)c12. The minimum absolute atomic E-state index is 0.238. The third-order valence-electron chi connectivity index (χ3n) is 7.05. The van der Waals surface area contributed by atoms with Gasteiger partial charge in [0, 0.05) is 30.2 Å². The van der Waals surface area contributed by atoms with Gasteiger partial charge < -0.3 is 29.0 Å². The molecule has 2 heterocycles. The van der Waals surface area contributed by atoms with Crippen LogP contribution in [-0.4, -0.2) is 73.3 Å². The van der Waals surface area contributed by atoms with E-state index in [2.05, 4.69) is 24.0 Å². The van der Waals surface area contributed by atoms with Gasteiger partial charge in [-0.1, -0.05) is 12.1 Å². The predicted molar refractivity (Wildman–Crippen MR) is 153 cm³/mol. The van der Waals surface area contributed by atoms with Gasteiger partial charge in [-0.15, -0.1) is 0 Å². The number of H-pyrrole nitrogens is 1. The first-order chi connectivity index (χ1) is 18.6. The molecule has 210 valence electrons. The lowest BCUT2D eigenvalue weighted by Gasteiger charge is -2.33. The Morgan fingerprint density at radius 2 is 1.82 bits per heavy atom. The molecule has 0 bridgehead atoms. The molecular weight excluding hydrogens is 494 g/mol. The van der Waals surface area contributed by atoms with E-state index in [0.717, 1.165) is 48.7 Å². The molecule has 0 radical (unpaired) electrons. The summed E-state index contributed by atoms with van der Waals surface area (Å²) in [5.41, 5.74) is 3.13. The van der Waals surface area contributed by atoms with Crippen molar-refractivity contribution in [3.05, 3.63) is 59.3 Å². The molecule has 2 aromatic carbocycles. The maximum absolute atomic E-state index is 12.7. The molecule has 39 heavy (non-hydrogen) atoms. The minimum atomic E-state index is -0.515. The van der Waals surface area contributed by atoms with Gasteiger partial charge in [-0.25, -0.2) is 9.59 Å². The number of hydrogen-bond donors (Lipinski definition) is 1. The van der Waals surface area contributed by atoms with Crippen molar-refractivity contribution in [2.75, 3.05) is 40.8 Å². The molecular formula is C31H41N3O5. The van der Waals surface area contributed by atoms with E-state index in [9.17, 15) is 9.59 Å². The number of likely N-dealkylation sites (tertiary alicyclic amines) is 1. The standard InChI is InChI=1S/C31H41N3O5/c1-31(2,3)39-30(36)34-17-14-21(15-18-34)22-12-13-24(29(35)37-6)27(19-22)38-26-11-7-10-25-28(26)23(20-32-25)9-8-16-33(4)5/h7,10-13,19-21,32H,8-9,14-18H2,1-6H3. The maximum Gasteiger partial charge on any atom is 0.410 e. The van der Waals surface area contributed by atoms with Crippen LogP contribution in [0.5, 0.6) is 11.5 Å². The van der Waals surface area contributed by atoms with E-state index in [1.165, 1.54) is 12.7 Å². The summed E-state index contributed by atoms with van der Waals surface area (Å²) in [6.07, 6.45) is 5.33. The molecule has 8 nitrogen and oxygen atoms in total. The maximum atomic E-state index is 12.7. The molecule has 4 rings (SSSR count). The summed E-state index contributed by atoms with van der Waals surface area (Å²) in [6, 6.07) is 11.6. The summed E-state index contributed by atoms with van der Waals surface area (Å²) in [7, 11) is 5.53. The zero-order chi connectivity index (χ0) is 28.2. The normalized spacial score (nSPS) is 14.6. The van der Waals surface area contributed by atoms with Crippen LogP contribution in [0.3, 0.4) is 0 Å². The van der Waals surface area contributed by atoms with Gasteiger partial charge in [0.05, 0.1) is 7.11 Å². The monoisotopic (exact) mass is 535 g/mol. The molecule has 1 amide bonds. The number of hydrogen-bond acceptors (Lipinski definition) is 6. The Bertz CT molecular complexity index is 1300. The van der Waals surface area contributed by atoms with Crippen LogP contribution < -0.4 is 4.74 Å². The lowest BCUT2D eigenvalue weighted by atomic mass is 9.89. The van der Waals surface area contributed by atoms with Crippen LogP contribution in [0.25, 0.3) is 10.9 Å². The van der Waals surface area contributed by atoms with Crippen molar-refractivity contribution in [2.24, 2.45) is 0 Å². The lowest BCUT2D eigenvalue weighted by Crippen LogP contribution is -2.41. The van der Waals surface area contributed by atoms with Gasteiger partial charge in [0.15, 0.2) is 0 Å². The second-order valence-corrected chi connectivity index (χ2v) is 11.5. The van der Waals surface area contributed by atoms with E-state index in [1.54, 1.807) is 11.0 Å². The van der Waals surface area contributed by atoms with E-state index < -0.39 is 11.6 Å². The van der Waals surface area contributed by atoms with Gasteiger partial charge in [-0.2, -0.15) is 0 Å². The first-order valence-electron chi connectivity index (χ1n) is 13.7. The van der Waals surface area contributed by atoms with Crippen molar-refractivity contribution in [1.29, 1.82) is 0 Å². The molecule has 0 saturated carbocycles. The molecule has 3 aromatic rings. The second kappa shape index (κ2) is 12.1. The number of fused-ring (bicyclic) bond motifs is 1. The number of aryl methyl sites for hydroxylation is 1. The van der Waals surface area contributed by atoms with Crippen LogP contribution in [0.15, 0.2) is 42.6 Å². The quantitative estimate of drug-likeness (QED) is 0.338. The molecule has 1 aliphatic rings. The summed E-state index contributed by atoms with van der Waals surface area (Å²) in [6.45, 7) is 7.87. The Morgan fingerprint density at radius 1 is 1.08 bits per heavy atom. The number of esters is 1. The Labute approximate surface area is 231 Å². The summed E-state index contributed by atoms with van der Waals surface area (Å²) >= 11 is 0. The number of benzene rings is 2. The Balaban J connectivity index is 1.57. The van der Waals surface area contributed by atoms with Gasteiger partial charge in [-0.05, 0) is 108 Å². The van der Waals surface area contributed by atoms with Crippen molar-refractivity contribution in [1.82, 2.24) is 14.8 Å². The topological polar surface area (TPSA) is 84.1 Å². The third kappa shape index (κ3) is 7.12. The third-order valence-corrected chi connectivity index (χ3v) is 7.05. The lowest BCUT2D eigenvalue weighted by molar-refractivity contribution is 0.0204. The first kappa shape index (κ1) is 28.5. The fourth-order valence-electron chi connectivity index (χ4n) is 5.08. The summed E-state index contributed by atoms with van der Waals surface area (Å²) in [4.78, 5) is 32.5. The van der Waals surface area contributed by atoms with Gasteiger partial charge in [-0.3, -0.25) is 0 Å². The van der Waals surface area contributed by atoms with Crippen molar-refractivity contribution in [3.8, 4) is 11.5 Å². The van der Waals surface area contributed by atoms with E-state index >= 15 is 0 Å². The first-order valence-corrected chi connectivity index (χ1v) is 13.7. The molecule has 1 fully saturated rings. The number of carbonyl (C=O) groups excluding carboxylic acids is 2. The van der Waals surface area contributed by atoms with Gasteiger partial charge in [0.25, 0.3) is 0 Å². The van der Waals surface area contributed by atoms with Crippen molar-refractivity contribution in [3.63, 3.8) is 0 Å². The predicted octanol–water partition coefficient (Wildman–Crippen LogP) is 6.36. The number of piperidine rings is 1. The van der Waals surface area contributed by atoms with Gasteiger partial charge in [0.1, 0.15) is 22.7 Å². The molecule has 1 aliphatic heterocycles. The van der Waals surface area contributed by atoms with Crippen LogP contribution in [0.4, 0.5) is 4.79 Å². The van der Waals surface area contributed by atoms with Crippen LogP contribution in [0.1, 0.15) is 67.4 Å². The number of amides is 1. The number of aromatic amines is 1. The highest BCUT2D eigenvalue weighted by Gasteiger charge is 2.28. The molecule has 1 N–H and O–H groups in total. The fourth-order valence-corrected chi connectivity index (χ4v) is 5.08. The molecule has 0 aliphatic carbocycles. The number of aromatic nitrogens is 1. The highest BCUT2D eigenvalue weighted by Crippen LogP contribution is 2.37. The van der Waals surface area contributed by atoms with Crippen LogP contribution in [0, 0.1) is 0 Å². The van der Waals surface area contributed by atoms with Gasteiger partial charge >= 0.3 is 12.1 Å². The molecule has 8 heteroatoms. The summed E-state index contributed by atoms with van der Waals surface area (Å²) < 4.78 is 17.1. The Kier molecular flexibility index (Phi) is 8.85. The molecule has 1 saturated heterocycles. The Morgan fingerprint density at radius 3 is 2.49 bits per heavy atom. The summed E-state index contributed by atoms with van der Waals surface area (Å²) in [5, 5.41) is 1.03. The molecule has 0 spiro atoms. The van der Waals surface area contributed by atoms with E-state index in [4.69, 9.17) is 14.2 Å². The zero-order valence-electron chi connectivity index (χ0n) is 24.0. The van der Waals surface area contributed by atoms with Crippen LogP contribution in [0.2, 0.25) is 0 Å². The van der Waals surface area contributed by atoms with E-state index in [1.807, 2.05) is 57.3 Å². The van der Waals surface area contributed by atoms with Crippen LogP contribution in [-0.2, 0) is 15.9 Å². The highest BCUT2D eigenvalue weighted by atomic mass is 16.6. The fraction of sp³-hybridized carbons (Fsp3) is 0.484. The second-order valence-electron chi connectivity index (χ2n) is 11.5. The number of methoxy groups -OCH3 is 1. The number of rotatable bonds is 8. The van der Waals surface area contributed by atoms with E-state index in [0.29, 0.717) is 30.2 Å². The number of carbonyl (C=O) groups is 2. The van der Waals surface area contributed by atoms with Crippen molar-refractivity contribution < 1.29 is 23.8 Å². The molecule has 1 aromatic heterocycles. The minimum Gasteiger partial charge on any atom is -0.465 e. The summed E-state index contributed by atoms with van der Waals surface area (Å²) in [5.74, 6) is 0.976. The average molecular weight is 536 g/mol. The van der Waals surface area contributed by atoms with Crippen molar-refractivity contribution >= 4 is 23.0 Å². The zero-order valence-corrected chi connectivity index (χ0v) is 24.0. The number of ether oxygens (including phenoxy) is 3. The largest absolute Gasteiger partial charge is 0.465 e. The number of nitrogens with zero attached hydrogens (tertiary/aromatic N) is 2.